The fourth-order valence-electron chi connectivity index (χ4n) is 3.27. The molecule has 0 aliphatic heterocycles. The third-order valence-corrected chi connectivity index (χ3v) is 5.76. The number of amides is 1. The molecule has 2 aromatic heterocycles. The lowest BCUT2D eigenvalue weighted by molar-refractivity contribution is -0.147. The van der Waals surface area contributed by atoms with Crippen LogP contribution in [0.5, 0.6) is 0 Å². The molecule has 0 unspecified atom stereocenters. The number of rotatable bonds is 8. The van der Waals surface area contributed by atoms with Gasteiger partial charge in [-0.25, -0.2) is 9.78 Å². The van der Waals surface area contributed by atoms with Crippen LogP contribution >= 0.6 is 11.3 Å². The number of hydrogen-bond acceptors (Lipinski definition) is 8. The van der Waals surface area contributed by atoms with Gasteiger partial charge in [-0.05, 0) is 38.0 Å². The van der Waals surface area contributed by atoms with Crippen molar-refractivity contribution in [3.05, 3.63) is 56.8 Å². The van der Waals surface area contributed by atoms with Gasteiger partial charge < -0.3 is 14.8 Å². The van der Waals surface area contributed by atoms with E-state index in [1.165, 1.54) is 15.9 Å². The summed E-state index contributed by atoms with van der Waals surface area (Å²) >= 11 is 1.26. The van der Waals surface area contributed by atoms with Gasteiger partial charge >= 0.3 is 11.9 Å². The molecule has 1 aromatic carbocycles. The first-order valence-electron chi connectivity index (χ1n) is 10.0. The van der Waals surface area contributed by atoms with Crippen LogP contribution in [-0.2, 0) is 32.0 Å². The summed E-state index contributed by atoms with van der Waals surface area (Å²) in [7, 11) is 0. The monoisotopic (exact) mass is 457 g/mol. The largest absolute Gasteiger partial charge is 0.462 e. The number of hydrogen-bond donors (Lipinski definition) is 1. The number of thiophene rings is 1. The van der Waals surface area contributed by atoms with Crippen molar-refractivity contribution in [2.24, 2.45) is 0 Å². The van der Waals surface area contributed by atoms with E-state index in [4.69, 9.17) is 9.47 Å². The summed E-state index contributed by atoms with van der Waals surface area (Å²) in [6.45, 7) is 4.77. The summed E-state index contributed by atoms with van der Waals surface area (Å²) in [5.74, 6) is -1.86. The molecule has 168 valence electrons. The Kier molecular flexibility index (Phi) is 7.37. The van der Waals surface area contributed by atoms with E-state index in [1.54, 1.807) is 31.2 Å². The van der Waals surface area contributed by atoms with Crippen LogP contribution in [0, 0.1) is 6.92 Å². The number of nitrogens with one attached hydrogen (secondary N) is 1. The molecule has 0 aliphatic rings. The van der Waals surface area contributed by atoms with Gasteiger partial charge in [-0.15, -0.1) is 11.3 Å². The normalized spacial score (nSPS) is 10.7. The molecule has 3 aromatic rings. The Hall–Kier alpha value is -3.53. The summed E-state index contributed by atoms with van der Waals surface area (Å²) in [4.78, 5) is 54.1. The lowest BCUT2D eigenvalue weighted by atomic mass is 10.1. The summed E-state index contributed by atoms with van der Waals surface area (Å²) in [6, 6.07) is 6.89. The number of fused-ring (bicyclic) bond motifs is 1. The van der Waals surface area contributed by atoms with Gasteiger partial charge in [0.25, 0.3) is 11.5 Å². The van der Waals surface area contributed by atoms with Crippen LogP contribution in [0.15, 0.2) is 35.3 Å². The molecule has 0 spiro atoms. The Labute approximate surface area is 188 Å². The highest BCUT2D eigenvalue weighted by atomic mass is 32.1. The van der Waals surface area contributed by atoms with Crippen molar-refractivity contribution in [1.82, 2.24) is 9.55 Å². The molecule has 1 amide bonds. The molecule has 2 heterocycles. The maximum absolute atomic E-state index is 12.4. The van der Waals surface area contributed by atoms with E-state index in [2.05, 4.69) is 10.3 Å². The number of para-hydroxylation sites is 2. The van der Waals surface area contributed by atoms with Crippen molar-refractivity contribution >= 4 is 45.2 Å². The van der Waals surface area contributed by atoms with E-state index < -0.39 is 30.0 Å². The minimum atomic E-state index is -0.749. The van der Waals surface area contributed by atoms with Crippen LogP contribution in [-0.4, -0.2) is 40.6 Å². The maximum atomic E-state index is 12.4. The third-order valence-electron chi connectivity index (χ3n) is 4.70. The zero-order valence-corrected chi connectivity index (χ0v) is 18.8. The SMILES string of the molecule is CCOC(=O)c1c(NC(=O)COC(=O)Cn2c(=O)cnc3ccccc32)sc(C)c1CC. The first-order valence-corrected chi connectivity index (χ1v) is 10.9. The summed E-state index contributed by atoms with van der Waals surface area (Å²) < 4.78 is 11.4. The number of ether oxygens (including phenoxy) is 2. The van der Waals surface area contributed by atoms with E-state index in [1.807, 2.05) is 13.8 Å². The molecule has 3 rings (SSSR count). The van der Waals surface area contributed by atoms with Crippen LogP contribution in [0.1, 0.15) is 34.6 Å². The minimum absolute atomic E-state index is 0.213. The number of nitrogens with zero attached hydrogens (tertiary/aromatic N) is 2. The molecule has 0 fully saturated rings. The molecule has 1 N–H and O–H groups in total. The van der Waals surface area contributed by atoms with E-state index >= 15 is 0 Å². The number of carbonyl (C=O) groups is 3. The molecule has 9 nitrogen and oxygen atoms in total. The molecule has 0 radical (unpaired) electrons. The first kappa shape index (κ1) is 23.1. The fraction of sp³-hybridized carbons (Fsp3) is 0.318. The molecule has 0 aliphatic carbocycles. The zero-order chi connectivity index (χ0) is 23.3. The van der Waals surface area contributed by atoms with E-state index in [0.717, 1.165) is 16.6 Å². The van der Waals surface area contributed by atoms with Gasteiger partial charge in [-0.2, -0.15) is 0 Å². The van der Waals surface area contributed by atoms with Crippen LogP contribution in [0.25, 0.3) is 11.0 Å². The van der Waals surface area contributed by atoms with Gasteiger partial charge in [-0.1, -0.05) is 19.1 Å². The molecule has 0 saturated carbocycles. The molecule has 0 bridgehead atoms. The lowest BCUT2D eigenvalue weighted by Crippen LogP contribution is -2.28. The molecular formula is C22H23N3O6S. The lowest BCUT2D eigenvalue weighted by Gasteiger charge is -2.10. The fourth-order valence-corrected chi connectivity index (χ4v) is 4.42. The molecule has 0 saturated heterocycles. The number of benzene rings is 1. The van der Waals surface area contributed by atoms with Crippen molar-refractivity contribution in [3.8, 4) is 0 Å². The average molecular weight is 458 g/mol. The standard InChI is InChI=1S/C22H23N3O6S/c1-4-14-13(3)32-21(20(14)22(29)30-5-2)24-17(26)12-31-19(28)11-25-16-9-7-6-8-15(16)23-10-18(25)27/h6-10H,4-5,11-12H2,1-3H3,(H,24,26). The molecular weight excluding hydrogens is 434 g/mol. The maximum Gasteiger partial charge on any atom is 0.341 e. The highest BCUT2D eigenvalue weighted by molar-refractivity contribution is 7.16. The smallest absolute Gasteiger partial charge is 0.341 e. The van der Waals surface area contributed by atoms with Crippen LogP contribution in [0.3, 0.4) is 0 Å². The number of aryl methyl sites for hydroxylation is 1. The highest BCUT2D eigenvalue weighted by Crippen LogP contribution is 2.34. The van der Waals surface area contributed by atoms with Crippen molar-refractivity contribution in [3.63, 3.8) is 0 Å². The van der Waals surface area contributed by atoms with Gasteiger partial charge in [0.2, 0.25) is 0 Å². The van der Waals surface area contributed by atoms with Gasteiger partial charge in [0, 0.05) is 4.88 Å². The van der Waals surface area contributed by atoms with Crippen molar-refractivity contribution < 1.29 is 23.9 Å². The number of anilines is 1. The number of aromatic nitrogens is 2. The Morgan fingerprint density at radius 3 is 2.62 bits per heavy atom. The van der Waals surface area contributed by atoms with Gasteiger partial charge in [0.15, 0.2) is 6.61 Å². The molecule has 0 atom stereocenters. The van der Waals surface area contributed by atoms with Crippen molar-refractivity contribution in [1.29, 1.82) is 0 Å². The Morgan fingerprint density at radius 2 is 1.91 bits per heavy atom. The van der Waals surface area contributed by atoms with Crippen molar-refractivity contribution in [2.75, 3.05) is 18.5 Å². The Bertz CT molecular complexity index is 1230. The minimum Gasteiger partial charge on any atom is -0.462 e. The highest BCUT2D eigenvalue weighted by Gasteiger charge is 2.23. The third kappa shape index (κ3) is 5.02. The summed E-state index contributed by atoms with van der Waals surface area (Å²) in [5, 5.41) is 2.99. The number of esters is 2. The predicted molar refractivity (Wildman–Crippen MR) is 120 cm³/mol. The Balaban J connectivity index is 1.67. The van der Waals surface area contributed by atoms with Crippen molar-refractivity contribution in [2.45, 2.75) is 33.7 Å². The average Bonchev–Trinajstić information content (AvgIpc) is 3.09. The van der Waals surface area contributed by atoms with Crippen LogP contribution in [0.2, 0.25) is 0 Å². The summed E-state index contributed by atoms with van der Waals surface area (Å²) in [6.07, 6.45) is 1.74. The second kappa shape index (κ2) is 10.2. The van der Waals surface area contributed by atoms with E-state index in [-0.39, 0.29) is 13.2 Å². The van der Waals surface area contributed by atoms with E-state index in [9.17, 15) is 19.2 Å². The van der Waals surface area contributed by atoms with Gasteiger partial charge in [-0.3, -0.25) is 19.0 Å². The second-order valence-corrected chi connectivity index (χ2v) is 8.02. The zero-order valence-electron chi connectivity index (χ0n) is 18.0. The summed E-state index contributed by atoms with van der Waals surface area (Å²) in [5.41, 5.74) is 1.73. The quantitative estimate of drug-likeness (QED) is 0.517. The van der Waals surface area contributed by atoms with E-state index in [0.29, 0.717) is 28.0 Å². The van der Waals surface area contributed by atoms with Crippen LogP contribution < -0.4 is 10.9 Å². The van der Waals surface area contributed by atoms with Gasteiger partial charge in [0.1, 0.15) is 11.5 Å². The molecule has 32 heavy (non-hydrogen) atoms. The second-order valence-electron chi connectivity index (χ2n) is 6.80. The van der Waals surface area contributed by atoms with Gasteiger partial charge in [0.05, 0.1) is 29.4 Å². The Morgan fingerprint density at radius 1 is 1.16 bits per heavy atom. The first-order chi connectivity index (χ1) is 15.3. The predicted octanol–water partition coefficient (Wildman–Crippen LogP) is 2.69. The number of carbonyl (C=O) groups excluding carboxylic acids is 3. The van der Waals surface area contributed by atoms with Crippen LogP contribution in [0.4, 0.5) is 5.00 Å². The molecule has 10 heteroatoms. The topological polar surface area (TPSA) is 117 Å².